The summed E-state index contributed by atoms with van der Waals surface area (Å²) in [4.78, 5) is 26.6. The van der Waals surface area contributed by atoms with Gasteiger partial charge in [-0.05, 0) is 37.8 Å². The summed E-state index contributed by atoms with van der Waals surface area (Å²) in [5.41, 5.74) is 1.17. The van der Waals surface area contributed by atoms with Gasteiger partial charge >= 0.3 is 0 Å². The molecule has 1 aliphatic heterocycles. The van der Waals surface area contributed by atoms with Gasteiger partial charge in [-0.25, -0.2) is 0 Å². The number of nitrogens with zero attached hydrogens (tertiary/aromatic N) is 2. The normalized spacial score (nSPS) is 19.1. The first-order valence-electron chi connectivity index (χ1n) is 9.50. The van der Waals surface area contributed by atoms with E-state index < -0.39 is 0 Å². The van der Waals surface area contributed by atoms with Crippen molar-refractivity contribution < 1.29 is 18.5 Å². The third-order valence-electron chi connectivity index (χ3n) is 5.26. The van der Waals surface area contributed by atoms with E-state index in [0.717, 1.165) is 43.7 Å². The predicted octanol–water partition coefficient (Wildman–Crippen LogP) is 1.27. The van der Waals surface area contributed by atoms with Crippen LogP contribution >= 0.6 is 0 Å². The van der Waals surface area contributed by atoms with Crippen LogP contribution in [0.1, 0.15) is 46.8 Å². The highest BCUT2D eigenvalue weighted by Crippen LogP contribution is 2.25. The number of carbonyl (C=O) groups is 2. The number of nitrogens with one attached hydrogen (secondary N) is 2. The molecule has 1 fully saturated rings. The second kappa shape index (κ2) is 7.96. The second-order valence-corrected chi connectivity index (χ2v) is 7.10. The van der Waals surface area contributed by atoms with Gasteiger partial charge in [-0.1, -0.05) is 5.16 Å². The van der Waals surface area contributed by atoms with Crippen LogP contribution in [0.2, 0.25) is 0 Å². The molecule has 0 radical (unpaired) electrons. The molecule has 0 bridgehead atoms. The average Bonchev–Trinajstić information content (AvgIpc) is 3.45. The summed E-state index contributed by atoms with van der Waals surface area (Å²) < 4.78 is 10.6. The molecule has 2 aromatic rings. The van der Waals surface area contributed by atoms with E-state index in [1.54, 1.807) is 18.4 Å². The third kappa shape index (κ3) is 4.05. The van der Waals surface area contributed by atoms with Crippen LogP contribution in [-0.2, 0) is 24.2 Å². The van der Waals surface area contributed by atoms with Crippen molar-refractivity contribution in [2.24, 2.45) is 0 Å². The van der Waals surface area contributed by atoms with Crippen LogP contribution < -0.4 is 10.6 Å². The maximum Gasteiger partial charge on any atom is 0.274 e. The number of hydrogen-bond donors (Lipinski definition) is 2. The molecule has 2 aromatic heterocycles. The molecule has 144 valence electrons. The summed E-state index contributed by atoms with van der Waals surface area (Å²) in [6.07, 6.45) is 5.96. The van der Waals surface area contributed by atoms with Crippen molar-refractivity contribution in [3.05, 3.63) is 41.2 Å². The van der Waals surface area contributed by atoms with Crippen molar-refractivity contribution in [2.75, 3.05) is 19.6 Å². The molecular weight excluding hydrogens is 348 g/mol. The Kier molecular flexibility index (Phi) is 5.24. The molecule has 2 aliphatic rings. The summed E-state index contributed by atoms with van der Waals surface area (Å²) >= 11 is 0. The van der Waals surface area contributed by atoms with Crippen LogP contribution in [0.5, 0.6) is 0 Å². The molecule has 0 aromatic carbocycles. The van der Waals surface area contributed by atoms with Gasteiger partial charge in [0.2, 0.25) is 5.91 Å². The minimum Gasteiger partial charge on any atom is -0.467 e. The highest BCUT2D eigenvalue weighted by Gasteiger charge is 2.29. The maximum atomic E-state index is 12.5. The fourth-order valence-corrected chi connectivity index (χ4v) is 3.73. The van der Waals surface area contributed by atoms with E-state index in [-0.39, 0.29) is 17.9 Å². The number of aromatic nitrogens is 1. The SMILES string of the molecule is O=C(NCc1ccco1)c1noc2c1CC(NCC(=O)N1CCCC1)CC2. The molecule has 2 N–H and O–H groups in total. The molecule has 0 saturated carbocycles. The van der Waals surface area contributed by atoms with E-state index in [2.05, 4.69) is 15.8 Å². The van der Waals surface area contributed by atoms with E-state index >= 15 is 0 Å². The van der Waals surface area contributed by atoms with Crippen molar-refractivity contribution in [1.82, 2.24) is 20.7 Å². The molecule has 1 unspecified atom stereocenters. The van der Waals surface area contributed by atoms with Gasteiger partial charge in [-0.3, -0.25) is 9.59 Å². The van der Waals surface area contributed by atoms with E-state index in [0.29, 0.717) is 37.4 Å². The summed E-state index contributed by atoms with van der Waals surface area (Å²) in [6, 6.07) is 3.72. The minimum absolute atomic E-state index is 0.139. The molecule has 8 heteroatoms. The second-order valence-electron chi connectivity index (χ2n) is 7.10. The molecule has 1 saturated heterocycles. The van der Waals surface area contributed by atoms with Gasteiger partial charge in [0.1, 0.15) is 11.5 Å². The van der Waals surface area contributed by atoms with Gasteiger partial charge in [0, 0.05) is 31.1 Å². The molecule has 1 aliphatic carbocycles. The number of fused-ring (bicyclic) bond motifs is 1. The number of carbonyl (C=O) groups excluding carboxylic acids is 2. The number of amides is 2. The van der Waals surface area contributed by atoms with Crippen LogP contribution in [0, 0.1) is 0 Å². The lowest BCUT2D eigenvalue weighted by atomic mass is 9.92. The number of rotatable bonds is 6. The molecule has 8 nitrogen and oxygen atoms in total. The third-order valence-corrected chi connectivity index (χ3v) is 5.26. The fourth-order valence-electron chi connectivity index (χ4n) is 3.73. The Morgan fingerprint density at radius 1 is 1.30 bits per heavy atom. The number of furan rings is 1. The van der Waals surface area contributed by atoms with Crippen LogP contribution in [0.4, 0.5) is 0 Å². The Morgan fingerprint density at radius 3 is 2.93 bits per heavy atom. The van der Waals surface area contributed by atoms with Gasteiger partial charge < -0.3 is 24.5 Å². The zero-order valence-electron chi connectivity index (χ0n) is 15.2. The van der Waals surface area contributed by atoms with Crippen LogP contribution in [0.25, 0.3) is 0 Å². The van der Waals surface area contributed by atoms with Gasteiger partial charge in [-0.15, -0.1) is 0 Å². The monoisotopic (exact) mass is 372 g/mol. The van der Waals surface area contributed by atoms with Crippen molar-refractivity contribution in [3.63, 3.8) is 0 Å². The van der Waals surface area contributed by atoms with Gasteiger partial charge in [-0.2, -0.15) is 0 Å². The lowest BCUT2D eigenvalue weighted by Crippen LogP contribution is -2.42. The quantitative estimate of drug-likeness (QED) is 0.792. The van der Waals surface area contributed by atoms with E-state index in [4.69, 9.17) is 8.94 Å². The first-order chi connectivity index (χ1) is 13.2. The van der Waals surface area contributed by atoms with Crippen LogP contribution in [-0.4, -0.2) is 47.5 Å². The van der Waals surface area contributed by atoms with Crippen molar-refractivity contribution in [3.8, 4) is 0 Å². The summed E-state index contributed by atoms with van der Waals surface area (Å²) in [5, 5.41) is 10.1. The highest BCUT2D eigenvalue weighted by atomic mass is 16.5. The lowest BCUT2D eigenvalue weighted by molar-refractivity contribution is -0.129. The minimum atomic E-state index is -0.273. The maximum absolute atomic E-state index is 12.5. The standard InChI is InChI=1S/C19H24N4O4/c24-17(23-7-1-2-8-23)12-20-13-5-6-16-15(10-13)18(22-27-16)19(25)21-11-14-4-3-9-26-14/h3-4,9,13,20H,1-2,5-8,10-12H2,(H,21,25). The van der Waals surface area contributed by atoms with Crippen LogP contribution in [0.3, 0.4) is 0 Å². The van der Waals surface area contributed by atoms with E-state index in [1.165, 1.54) is 0 Å². The van der Waals surface area contributed by atoms with Crippen molar-refractivity contribution in [2.45, 2.75) is 44.7 Å². The van der Waals surface area contributed by atoms with Gasteiger partial charge in [0.15, 0.2) is 5.69 Å². The molecule has 27 heavy (non-hydrogen) atoms. The highest BCUT2D eigenvalue weighted by molar-refractivity contribution is 5.93. The summed E-state index contributed by atoms with van der Waals surface area (Å²) in [7, 11) is 0. The first-order valence-corrected chi connectivity index (χ1v) is 9.50. The number of likely N-dealkylation sites (tertiary alicyclic amines) is 1. The predicted molar refractivity (Wildman–Crippen MR) is 96.0 cm³/mol. The fraction of sp³-hybridized carbons (Fsp3) is 0.526. The Morgan fingerprint density at radius 2 is 2.15 bits per heavy atom. The Hall–Kier alpha value is -2.61. The molecular formula is C19H24N4O4. The average molecular weight is 372 g/mol. The number of hydrogen-bond acceptors (Lipinski definition) is 6. The van der Waals surface area contributed by atoms with E-state index in [1.807, 2.05) is 4.90 Å². The molecule has 2 amide bonds. The Bertz CT molecular complexity index is 793. The molecule has 1 atom stereocenters. The topological polar surface area (TPSA) is 101 Å². The smallest absolute Gasteiger partial charge is 0.274 e. The largest absolute Gasteiger partial charge is 0.467 e. The molecule has 3 heterocycles. The number of aryl methyl sites for hydroxylation is 1. The first kappa shape index (κ1) is 17.8. The Labute approximate surface area is 157 Å². The summed E-state index contributed by atoms with van der Waals surface area (Å²) in [5.74, 6) is 1.33. The lowest BCUT2D eigenvalue weighted by Gasteiger charge is -2.24. The molecule has 0 spiro atoms. The van der Waals surface area contributed by atoms with Crippen LogP contribution in [0.15, 0.2) is 27.3 Å². The Balaban J connectivity index is 1.33. The van der Waals surface area contributed by atoms with Crippen molar-refractivity contribution in [1.29, 1.82) is 0 Å². The zero-order chi connectivity index (χ0) is 18.6. The van der Waals surface area contributed by atoms with E-state index in [9.17, 15) is 9.59 Å². The summed E-state index contributed by atoms with van der Waals surface area (Å²) in [6.45, 7) is 2.37. The van der Waals surface area contributed by atoms with Crippen molar-refractivity contribution >= 4 is 11.8 Å². The molecule has 4 rings (SSSR count). The van der Waals surface area contributed by atoms with Gasteiger partial charge in [0.05, 0.1) is 19.4 Å². The zero-order valence-corrected chi connectivity index (χ0v) is 15.2. The van der Waals surface area contributed by atoms with Gasteiger partial charge in [0.25, 0.3) is 5.91 Å².